The molecule has 1 aliphatic rings. The molecule has 0 saturated carbocycles. The molecular formula is C20H19FN2OS. The van der Waals surface area contributed by atoms with Crippen molar-refractivity contribution < 1.29 is 9.18 Å². The van der Waals surface area contributed by atoms with Crippen molar-refractivity contribution in [2.24, 2.45) is 10.2 Å². The van der Waals surface area contributed by atoms with Crippen molar-refractivity contribution in [1.29, 1.82) is 0 Å². The monoisotopic (exact) mass is 354 g/mol. The van der Waals surface area contributed by atoms with E-state index in [0.717, 1.165) is 28.3 Å². The molecular weight excluding hydrogens is 335 g/mol. The Bertz CT molecular complexity index is 862. The van der Waals surface area contributed by atoms with E-state index < -0.39 is 5.82 Å². The first-order chi connectivity index (χ1) is 12.0. The lowest BCUT2D eigenvalue weighted by Gasteiger charge is -2.09. The number of aryl methyl sites for hydroxylation is 2. The van der Waals surface area contributed by atoms with Gasteiger partial charge in [0.05, 0.1) is 10.6 Å². The summed E-state index contributed by atoms with van der Waals surface area (Å²) in [6.45, 7) is 5.36. The normalized spacial score (nSPS) is 13.6. The molecule has 0 fully saturated rings. The van der Waals surface area contributed by atoms with Gasteiger partial charge in [0.2, 0.25) is 0 Å². The third kappa shape index (κ3) is 3.87. The van der Waals surface area contributed by atoms with E-state index in [2.05, 4.69) is 29.3 Å². The third-order valence-corrected chi connectivity index (χ3v) is 5.33. The van der Waals surface area contributed by atoms with Gasteiger partial charge < -0.3 is 0 Å². The van der Waals surface area contributed by atoms with Gasteiger partial charge in [-0.05, 0) is 49.1 Å². The van der Waals surface area contributed by atoms with Crippen molar-refractivity contribution >= 4 is 28.3 Å². The zero-order chi connectivity index (χ0) is 18.0. The average molecular weight is 354 g/mol. The number of carbonyl (C=O) groups is 1. The minimum atomic E-state index is -0.390. The number of hydrogen-bond donors (Lipinski definition) is 0. The number of halogens is 1. The summed E-state index contributed by atoms with van der Waals surface area (Å²) in [5.74, 6) is -0.531. The highest BCUT2D eigenvalue weighted by molar-refractivity contribution is 8.14. The van der Waals surface area contributed by atoms with Crippen LogP contribution in [-0.2, 0) is 6.42 Å². The Morgan fingerprint density at radius 2 is 1.92 bits per heavy atom. The molecule has 128 valence electrons. The lowest BCUT2D eigenvalue weighted by molar-refractivity contribution is 0.101. The zero-order valence-corrected chi connectivity index (χ0v) is 15.3. The number of benzene rings is 2. The smallest absolute Gasteiger partial charge is 0.159 e. The molecule has 0 atom stereocenters. The van der Waals surface area contributed by atoms with Crippen LogP contribution in [-0.4, -0.2) is 16.5 Å². The fourth-order valence-electron chi connectivity index (χ4n) is 2.66. The van der Waals surface area contributed by atoms with Crippen LogP contribution in [0.25, 0.3) is 0 Å². The number of ketones is 1. The number of nitrogens with zero attached hydrogens (tertiary/aromatic N) is 2. The molecule has 2 aromatic rings. The summed E-state index contributed by atoms with van der Waals surface area (Å²) in [6.07, 6.45) is 1.59. The summed E-state index contributed by atoms with van der Waals surface area (Å²) < 4.78 is 14.4. The Hall–Kier alpha value is -2.27. The van der Waals surface area contributed by atoms with Crippen molar-refractivity contribution in [1.82, 2.24) is 0 Å². The van der Waals surface area contributed by atoms with Gasteiger partial charge in [-0.3, -0.25) is 4.79 Å². The van der Waals surface area contributed by atoms with E-state index in [9.17, 15) is 9.18 Å². The maximum Gasteiger partial charge on any atom is 0.159 e. The van der Waals surface area contributed by atoms with Crippen molar-refractivity contribution in [2.75, 3.05) is 0 Å². The Balaban J connectivity index is 1.73. The lowest BCUT2D eigenvalue weighted by atomic mass is 10.1. The summed E-state index contributed by atoms with van der Waals surface area (Å²) in [5.41, 5.74) is 4.34. The van der Waals surface area contributed by atoms with Crippen molar-refractivity contribution in [3.05, 3.63) is 64.5 Å². The van der Waals surface area contributed by atoms with Gasteiger partial charge in [-0.15, -0.1) is 5.10 Å². The van der Waals surface area contributed by atoms with Crippen LogP contribution in [0, 0.1) is 12.7 Å². The highest BCUT2D eigenvalue weighted by atomic mass is 32.2. The Morgan fingerprint density at radius 3 is 2.52 bits per heavy atom. The molecule has 2 aromatic carbocycles. The molecule has 1 heterocycles. The minimum Gasteiger partial charge on any atom is -0.295 e. The largest absolute Gasteiger partial charge is 0.295 e. The van der Waals surface area contributed by atoms with Crippen LogP contribution < -0.4 is 0 Å². The summed E-state index contributed by atoms with van der Waals surface area (Å²) in [7, 11) is 0. The maximum absolute atomic E-state index is 14.4. The first kappa shape index (κ1) is 17.5. The molecule has 3 nitrogen and oxygen atoms in total. The topological polar surface area (TPSA) is 41.8 Å². The molecule has 3 rings (SSSR count). The summed E-state index contributed by atoms with van der Waals surface area (Å²) in [6, 6.07) is 11.3. The van der Waals surface area contributed by atoms with E-state index >= 15 is 0 Å². The summed E-state index contributed by atoms with van der Waals surface area (Å²) in [5, 5.41) is 9.21. The van der Waals surface area contributed by atoms with Gasteiger partial charge in [-0.2, -0.15) is 5.10 Å². The van der Waals surface area contributed by atoms with Gasteiger partial charge in [-0.25, -0.2) is 4.39 Å². The van der Waals surface area contributed by atoms with Gasteiger partial charge in [0.15, 0.2) is 5.78 Å². The molecule has 0 saturated heterocycles. The van der Waals surface area contributed by atoms with E-state index in [0.29, 0.717) is 16.9 Å². The Morgan fingerprint density at radius 1 is 1.20 bits per heavy atom. The molecule has 0 N–H and O–H groups in total. The fraction of sp³-hybridized carbons (Fsp3) is 0.250. The molecule has 0 spiro atoms. The third-order valence-electron chi connectivity index (χ3n) is 4.15. The van der Waals surface area contributed by atoms with Gasteiger partial charge in [-0.1, -0.05) is 43.0 Å². The highest BCUT2D eigenvalue weighted by Gasteiger charge is 2.19. The minimum absolute atomic E-state index is 0.141. The van der Waals surface area contributed by atoms with Crippen molar-refractivity contribution in [3.63, 3.8) is 0 Å². The SMILES string of the molecule is CCc1ccc(C2=NN=C(Sc3c(C)cc(C(C)=O)cc3F)C2)cc1. The van der Waals surface area contributed by atoms with E-state index in [1.807, 2.05) is 12.1 Å². The molecule has 0 amide bonds. The Labute approximate surface area is 151 Å². The quantitative estimate of drug-likeness (QED) is 0.708. The van der Waals surface area contributed by atoms with E-state index in [-0.39, 0.29) is 5.78 Å². The first-order valence-corrected chi connectivity index (χ1v) is 9.01. The zero-order valence-electron chi connectivity index (χ0n) is 14.5. The van der Waals surface area contributed by atoms with Gasteiger partial charge >= 0.3 is 0 Å². The van der Waals surface area contributed by atoms with Crippen LogP contribution in [0.1, 0.15) is 47.3 Å². The van der Waals surface area contributed by atoms with Crippen molar-refractivity contribution in [3.8, 4) is 0 Å². The highest BCUT2D eigenvalue weighted by Crippen LogP contribution is 2.31. The number of carbonyl (C=O) groups excluding carboxylic acids is 1. The number of hydrogen-bond acceptors (Lipinski definition) is 4. The van der Waals surface area contributed by atoms with Gasteiger partial charge in [0.25, 0.3) is 0 Å². The Kier molecular flexibility index (Phi) is 5.13. The van der Waals surface area contributed by atoms with Crippen LogP contribution in [0.15, 0.2) is 51.5 Å². The van der Waals surface area contributed by atoms with E-state index in [4.69, 9.17) is 0 Å². The predicted molar refractivity (Wildman–Crippen MR) is 101 cm³/mol. The molecule has 0 radical (unpaired) electrons. The lowest BCUT2D eigenvalue weighted by Crippen LogP contribution is -2.03. The van der Waals surface area contributed by atoms with Crippen LogP contribution in [0.5, 0.6) is 0 Å². The second-order valence-electron chi connectivity index (χ2n) is 6.03. The van der Waals surface area contributed by atoms with Crippen LogP contribution in [0.2, 0.25) is 0 Å². The van der Waals surface area contributed by atoms with E-state index in [1.165, 1.54) is 30.3 Å². The first-order valence-electron chi connectivity index (χ1n) is 8.19. The maximum atomic E-state index is 14.4. The molecule has 0 bridgehead atoms. The number of rotatable bonds is 4. The van der Waals surface area contributed by atoms with E-state index in [1.54, 1.807) is 13.0 Å². The second kappa shape index (κ2) is 7.31. The molecule has 25 heavy (non-hydrogen) atoms. The predicted octanol–water partition coefficient (Wildman–Crippen LogP) is 5.20. The number of thioether (sulfide) groups is 1. The van der Waals surface area contributed by atoms with Crippen LogP contribution in [0.3, 0.4) is 0 Å². The standard InChI is InChI=1S/C20H19FN2OS/c1-4-14-5-7-15(8-6-14)18-11-19(23-22-18)25-20-12(2)9-16(13(3)24)10-17(20)21/h5-10H,4,11H2,1-3H3. The fourth-order valence-corrected chi connectivity index (χ4v) is 3.56. The van der Waals surface area contributed by atoms with Gasteiger partial charge in [0, 0.05) is 12.0 Å². The molecule has 5 heteroatoms. The van der Waals surface area contributed by atoms with Crippen LogP contribution >= 0.6 is 11.8 Å². The second-order valence-corrected chi connectivity index (χ2v) is 7.11. The van der Waals surface area contributed by atoms with Crippen LogP contribution in [0.4, 0.5) is 4.39 Å². The average Bonchev–Trinajstić information content (AvgIpc) is 3.06. The molecule has 1 aliphatic heterocycles. The van der Waals surface area contributed by atoms with Crippen molar-refractivity contribution in [2.45, 2.75) is 38.5 Å². The van der Waals surface area contributed by atoms with Gasteiger partial charge in [0.1, 0.15) is 10.9 Å². The molecule has 0 aromatic heterocycles. The summed E-state index contributed by atoms with van der Waals surface area (Å²) in [4.78, 5) is 11.9. The summed E-state index contributed by atoms with van der Waals surface area (Å²) >= 11 is 1.28. The molecule has 0 unspecified atom stereocenters. The number of Topliss-reactive ketones (excluding diaryl/α,β-unsaturated/α-hetero) is 1. The molecule has 0 aliphatic carbocycles.